The molecule has 0 amide bonds. The minimum absolute atomic E-state index is 0.0930. The van der Waals surface area contributed by atoms with Crippen molar-refractivity contribution in [3.05, 3.63) is 65.2 Å². The maximum absolute atomic E-state index is 11.6. The summed E-state index contributed by atoms with van der Waals surface area (Å²) in [6.07, 6.45) is -1.31. The Morgan fingerprint density at radius 1 is 1.08 bits per heavy atom. The quantitative estimate of drug-likeness (QED) is 0.849. The van der Waals surface area contributed by atoms with E-state index in [1.807, 2.05) is 36.4 Å². The molecule has 2 aromatic carbocycles. The van der Waals surface area contributed by atoms with Crippen molar-refractivity contribution < 1.29 is 19.4 Å². The van der Waals surface area contributed by atoms with Crippen molar-refractivity contribution in [2.45, 2.75) is 38.9 Å². The smallest absolute Gasteiger partial charge is 0.339 e. The summed E-state index contributed by atoms with van der Waals surface area (Å²) in [5, 5.41) is 10.1. The largest absolute Gasteiger partial charge is 0.489 e. The second-order valence-electron chi connectivity index (χ2n) is 6.69. The number of ether oxygens (including phenoxy) is 2. The summed E-state index contributed by atoms with van der Waals surface area (Å²) in [7, 11) is 1.25. The Balaban J connectivity index is 2.11. The summed E-state index contributed by atoms with van der Waals surface area (Å²) in [5.41, 5.74) is 2.57. The highest BCUT2D eigenvalue weighted by Crippen LogP contribution is 2.25. The van der Waals surface area contributed by atoms with Crippen LogP contribution in [0.15, 0.2) is 48.5 Å². The summed E-state index contributed by atoms with van der Waals surface area (Å²) in [6, 6.07) is 15.1. The van der Waals surface area contributed by atoms with Crippen LogP contribution in [0.25, 0.3) is 0 Å². The van der Waals surface area contributed by atoms with Crippen molar-refractivity contribution in [2.75, 3.05) is 7.11 Å². The number of aliphatic hydroxyl groups is 1. The van der Waals surface area contributed by atoms with E-state index in [-0.39, 0.29) is 12.0 Å². The van der Waals surface area contributed by atoms with E-state index in [0.29, 0.717) is 5.56 Å². The van der Waals surface area contributed by atoms with Crippen LogP contribution in [0.2, 0.25) is 0 Å². The van der Waals surface area contributed by atoms with E-state index >= 15 is 0 Å². The first-order chi connectivity index (χ1) is 11.3. The van der Waals surface area contributed by atoms with Crippen molar-refractivity contribution in [3.8, 4) is 5.75 Å². The van der Waals surface area contributed by atoms with Crippen LogP contribution >= 0.6 is 0 Å². The molecule has 1 atom stereocenters. The minimum Gasteiger partial charge on any atom is -0.489 e. The number of hydrogen-bond acceptors (Lipinski definition) is 4. The summed E-state index contributed by atoms with van der Waals surface area (Å²) >= 11 is 0. The van der Waals surface area contributed by atoms with E-state index in [1.165, 1.54) is 12.7 Å². The molecule has 1 unspecified atom stereocenters. The highest BCUT2D eigenvalue weighted by Gasteiger charge is 2.21. The lowest BCUT2D eigenvalue weighted by Gasteiger charge is -2.19. The Hall–Kier alpha value is -2.33. The molecular formula is C20H24O4. The number of hydrogen-bond donors (Lipinski definition) is 1. The van der Waals surface area contributed by atoms with Crippen LogP contribution in [0.4, 0.5) is 0 Å². The molecule has 0 heterocycles. The summed E-state index contributed by atoms with van der Waals surface area (Å²) in [4.78, 5) is 11.6. The molecule has 0 aliphatic heterocycles. The molecular weight excluding hydrogens is 304 g/mol. The molecule has 24 heavy (non-hydrogen) atoms. The van der Waals surface area contributed by atoms with E-state index in [1.54, 1.807) is 12.1 Å². The van der Waals surface area contributed by atoms with Gasteiger partial charge < -0.3 is 14.6 Å². The molecule has 0 aliphatic carbocycles. The third-order valence-corrected chi connectivity index (χ3v) is 3.89. The van der Waals surface area contributed by atoms with Gasteiger partial charge in [0.15, 0.2) is 6.10 Å². The molecule has 0 saturated carbocycles. The lowest BCUT2D eigenvalue weighted by molar-refractivity contribution is -0.150. The molecule has 4 nitrogen and oxygen atoms in total. The number of carbonyl (C=O) groups is 1. The van der Waals surface area contributed by atoms with Gasteiger partial charge in [-0.15, -0.1) is 0 Å². The average Bonchev–Trinajstić information content (AvgIpc) is 2.58. The number of methoxy groups -OCH3 is 1. The van der Waals surface area contributed by atoms with E-state index in [0.717, 1.165) is 11.3 Å². The Morgan fingerprint density at radius 2 is 1.71 bits per heavy atom. The minimum atomic E-state index is -1.31. The number of aliphatic hydroxyl groups excluding tert-OH is 1. The Labute approximate surface area is 143 Å². The third kappa shape index (κ3) is 4.36. The molecule has 1 N–H and O–H groups in total. The topological polar surface area (TPSA) is 55.8 Å². The van der Waals surface area contributed by atoms with Gasteiger partial charge in [0.1, 0.15) is 12.4 Å². The van der Waals surface area contributed by atoms with E-state index in [4.69, 9.17) is 4.74 Å². The van der Waals surface area contributed by atoms with Crippen LogP contribution < -0.4 is 4.74 Å². The van der Waals surface area contributed by atoms with Crippen LogP contribution in [0.5, 0.6) is 5.75 Å². The van der Waals surface area contributed by atoms with Crippen LogP contribution in [-0.2, 0) is 21.6 Å². The van der Waals surface area contributed by atoms with Gasteiger partial charge in [0.25, 0.3) is 0 Å². The van der Waals surface area contributed by atoms with Gasteiger partial charge in [0.2, 0.25) is 0 Å². The SMILES string of the molecule is COC(=O)C(O)c1ccccc1COc1ccc(C(C)(C)C)cc1. The average molecular weight is 328 g/mol. The first kappa shape index (κ1) is 18.0. The molecule has 0 bridgehead atoms. The summed E-state index contributed by atoms with van der Waals surface area (Å²) < 4.78 is 10.4. The fourth-order valence-electron chi connectivity index (χ4n) is 2.38. The normalized spacial score (nSPS) is 12.5. The number of esters is 1. The molecule has 0 fully saturated rings. The molecule has 2 aromatic rings. The van der Waals surface area contributed by atoms with Gasteiger partial charge in [0.05, 0.1) is 7.11 Å². The highest BCUT2D eigenvalue weighted by molar-refractivity contribution is 5.76. The van der Waals surface area contributed by atoms with Crippen LogP contribution in [0.1, 0.15) is 43.6 Å². The van der Waals surface area contributed by atoms with Gasteiger partial charge in [-0.05, 0) is 34.2 Å². The predicted octanol–water partition coefficient (Wildman–Crippen LogP) is 3.77. The predicted molar refractivity (Wildman–Crippen MR) is 92.9 cm³/mol. The van der Waals surface area contributed by atoms with Gasteiger partial charge in [-0.3, -0.25) is 0 Å². The van der Waals surface area contributed by atoms with Gasteiger partial charge >= 0.3 is 5.97 Å². The first-order valence-corrected chi connectivity index (χ1v) is 7.90. The molecule has 0 radical (unpaired) electrons. The maximum atomic E-state index is 11.6. The molecule has 128 valence electrons. The lowest BCUT2D eigenvalue weighted by atomic mass is 9.87. The standard InChI is InChI=1S/C20H24O4/c1-20(2,3)15-9-11-16(12-10-15)24-13-14-7-5-6-8-17(14)18(21)19(22)23-4/h5-12,18,21H,13H2,1-4H3. The lowest BCUT2D eigenvalue weighted by Crippen LogP contribution is -2.16. The third-order valence-electron chi connectivity index (χ3n) is 3.89. The molecule has 0 saturated heterocycles. The fraction of sp³-hybridized carbons (Fsp3) is 0.350. The van der Waals surface area contributed by atoms with Crippen molar-refractivity contribution in [1.82, 2.24) is 0 Å². The zero-order valence-corrected chi connectivity index (χ0v) is 14.6. The van der Waals surface area contributed by atoms with Gasteiger partial charge in [-0.25, -0.2) is 4.79 Å². The molecule has 0 spiro atoms. The van der Waals surface area contributed by atoms with E-state index in [9.17, 15) is 9.90 Å². The van der Waals surface area contributed by atoms with Crippen LogP contribution in [-0.4, -0.2) is 18.2 Å². The number of rotatable bonds is 5. The molecule has 0 aliphatic rings. The van der Waals surface area contributed by atoms with Gasteiger partial charge in [-0.2, -0.15) is 0 Å². The monoisotopic (exact) mass is 328 g/mol. The summed E-state index contributed by atoms with van der Waals surface area (Å²) in [6.45, 7) is 6.74. The second-order valence-corrected chi connectivity index (χ2v) is 6.69. The van der Waals surface area contributed by atoms with Gasteiger partial charge in [-0.1, -0.05) is 57.2 Å². The Morgan fingerprint density at radius 3 is 2.29 bits per heavy atom. The number of benzene rings is 2. The maximum Gasteiger partial charge on any atom is 0.339 e. The van der Waals surface area contributed by atoms with Gasteiger partial charge in [0, 0.05) is 0 Å². The van der Waals surface area contributed by atoms with Crippen molar-refractivity contribution >= 4 is 5.97 Å². The second kappa shape index (κ2) is 7.49. The van der Waals surface area contributed by atoms with Crippen molar-refractivity contribution in [2.24, 2.45) is 0 Å². The van der Waals surface area contributed by atoms with E-state index in [2.05, 4.69) is 25.5 Å². The highest BCUT2D eigenvalue weighted by atomic mass is 16.5. The Bertz CT molecular complexity index is 684. The van der Waals surface area contributed by atoms with E-state index < -0.39 is 12.1 Å². The zero-order chi connectivity index (χ0) is 17.7. The van der Waals surface area contributed by atoms with Crippen molar-refractivity contribution in [1.29, 1.82) is 0 Å². The number of carbonyl (C=O) groups excluding carboxylic acids is 1. The molecule has 0 aromatic heterocycles. The first-order valence-electron chi connectivity index (χ1n) is 7.90. The van der Waals surface area contributed by atoms with Crippen LogP contribution in [0, 0.1) is 0 Å². The van der Waals surface area contributed by atoms with Crippen molar-refractivity contribution in [3.63, 3.8) is 0 Å². The molecule has 4 heteroatoms. The fourth-order valence-corrected chi connectivity index (χ4v) is 2.38. The van der Waals surface area contributed by atoms with Crippen LogP contribution in [0.3, 0.4) is 0 Å². The zero-order valence-electron chi connectivity index (χ0n) is 14.6. The summed E-state index contributed by atoms with van der Waals surface area (Å²) in [5.74, 6) is 0.0577. The Kier molecular flexibility index (Phi) is 5.62. The molecule has 2 rings (SSSR count).